The maximum absolute atomic E-state index is 15.0. The number of nitrogens with zero attached hydrogens (tertiary/aromatic N) is 4. The summed E-state index contributed by atoms with van der Waals surface area (Å²) in [6.45, 7) is -1.60. The van der Waals surface area contributed by atoms with Gasteiger partial charge in [-0.25, -0.2) is 9.97 Å². The Bertz CT molecular complexity index is 1290. The second-order valence-corrected chi connectivity index (χ2v) is 6.92. The van der Waals surface area contributed by atoms with Gasteiger partial charge in [-0.1, -0.05) is 6.07 Å². The third-order valence-corrected chi connectivity index (χ3v) is 4.70. The van der Waals surface area contributed by atoms with E-state index in [0.717, 1.165) is 27.8 Å². The first-order valence-corrected chi connectivity index (χ1v) is 9.37. The van der Waals surface area contributed by atoms with E-state index in [1.807, 2.05) is 0 Å². The molecule has 0 radical (unpaired) electrons. The molecule has 0 bridgehead atoms. The van der Waals surface area contributed by atoms with Crippen LogP contribution in [0.4, 0.5) is 26.3 Å². The summed E-state index contributed by atoms with van der Waals surface area (Å²) in [6, 6.07) is 8.72. The molecule has 0 fully saturated rings. The summed E-state index contributed by atoms with van der Waals surface area (Å²) >= 11 is 0. The number of fused-ring (bicyclic) bond motifs is 1. The highest BCUT2D eigenvalue weighted by Crippen LogP contribution is 2.37. The van der Waals surface area contributed by atoms with Gasteiger partial charge in [0.05, 0.1) is 18.3 Å². The van der Waals surface area contributed by atoms with Crippen molar-refractivity contribution in [1.82, 2.24) is 14.5 Å². The number of hydrogen-bond donors (Lipinski definition) is 0. The molecule has 0 N–H and O–H groups in total. The smallest absolute Gasteiger partial charge is 0.432 e. The van der Waals surface area contributed by atoms with Crippen molar-refractivity contribution in [3.8, 4) is 23.0 Å². The van der Waals surface area contributed by atoms with Crippen LogP contribution in [0.15, 0.2) is 61.2 Å². The Hall–Kier alpha value is -3.83. The van der Waals surface area contributed by atoms with Crippen molar-refractivity contribution in [3.63, 3.8) is 0 Å². The van der Waals surface area contributed by atoms with Gasteiger partial charge in [-0.05, 0) is 18.2 Å². The lowest BCUT2D eigenvalue weighted by atomic mass is 10.2. The normalized spacial score (nSPS) is 12.2. The molecule has 0 saturated carbocycles. The fourth-order valence-electron chi connectivity index (χ4n) is 3.14. The Kier molecular flexibility index (Phi) is 5.60. The first kappa shape index (κ1) is 22.4. The van der Waals surface area contributed by atoms with Crippen LogP contribution in [0.2, 0.25) is 0 Å². The van der Waals surface area contributed by atoms with Crippen LogP contribution in [0, 0.1) is 5.82 Å². The van der Waals surface area contributed by atoms with Crippen LogP contribution >= 0.6 is 0 Å². The molecule has 172 valence electrons. The lowest BCUT2D eigenvalue weighted by molar-refractivity contribution is -0.877. The fourth-order valence-corrected chi connectivity index (χ4v) is 3.14. The minimum Gasteiger partial charge on any atom is -0.432 e. The highest BCUT2D eigenvalue weighted by molar-refractivity contribution is 5.82. The second-order valence-electron chi connectivity index (χ2n) is 6.92. The summed E-state index contributed by atoms with van der Waals surface area (Å²) in [5.41, 5.74) is -0.0186. The van der Waals surface area contributed by atoms with Gasteiger partial charge in [0.2, 0.25) is 17.4 Å². The Morgan fingerprint density at radius 2 is 1.85 bits per heavy atom. The van der Waals surface area contributed by atoms with E-state index in [1.165, 1.54) is 31.6 Å². The Labute approximate surface area is 182 Å². The van der Waals surface area contributed by atoms with E-state index in [2.05, 4.69) is 9.97 Å². The standard InChI is InChI=1S/C21H15F6N4O2/c1-32-31-11-14(33-18-4-2-3-6-28-18)9-15(22)19(31)16-8-13-5-7-30(17(13)10-29-16)12-20(23,24)21(25,26)27/h2-11H,12H2,1H3/q+1. The lowest BCUT2D eigenvalue weighted by Crippen LogP contribution is -2.43. The maximum atomic E-state index is 15.0. The van der Waals surface area contributed by atoms with Crippen molar-refractivity contribution in [3.05, 3.63) is 67.0 Å². The minimum atomic E-state index is -5.69. The summed E-state index contributed by atoms with van der Waals surface area (Å²) in [5.74, 6) is -5.39. The van der Waals surface area contributed by atoms with Gasteiger partial charge in [-0.15, -0.1) is 0 Å². The molecule has 0 amide bonds. The SMILES string of the molecule is CO[n+]1cc(Oc2ccccn2)cc(F)c1-c1cc2ccn(CC(F)(F)C(F)(F)F)c2cn1. The van der Waals surface area contributed by atoms with E-state index in [-0.39, 0.29) is 33.9 Å². The van der Waals surface area contributed by atoms with Crippen LogP contribution in [0.25, 0.3) is 22.3 Å². The second kappa shape index (κ2) is 8.26. The van der Waals surface area contributed by atoms with Crippen molar-refractivity contribution < 1.29 is 40.6 Å². The topological polar surface area (TPSA) is 53.1 Å². The molecule has 0 unspecified atom stereocenters. The average Bonchev–Trinajstić information content (AvgIpc) is 3.14. The summed E-state index contributed by atoms with van der Waals surface area (Å²) < 4.78 is 86.9. The van der Waals surface area contributed by atoms with Crippen LogP contribution in [0.3, 0.4) is 0 Å². The van der Waals surface area contributed by atoms with E-state index in [9.17, 15) is 26.3 Å². The third-order valence-electron chi connectivity index (χ3n) is 4.70. The van der Waals surface area contributed by atoms with Gasteiger partial charge < -0.3 is 9.30 Å². The summed E-state index contributed by atoms with van der Waals surface area (Å²) in [5, 5.41) is 0.286. The molecule has 4 rings (SSSR count). The molecule has 6 nitrogen and oxygen atoms in total. The third kappa shape index (κ3) is 4.41. The zero-order chi connectivity index (χ0) is 23.8. The number of rotatable bonds is 6. The number of ether oxygens (including phenoxy) is 1. The molecule has 4 aromatic rings. The number of alkyl halides is 5. The Morgan fingerprint density at radius 1 is 1.06 bits per heavy atom. The van der Waals surface area contributed by atoms with Gasteiger partial charge in [-0.2, -0.15) is 26.3 Å². The van der Waals surface area contributed by atoms with E-state index < -0.39 is 24.5 Å². The first-order valence-electron chi connectivity index (χ1n) is 9.37. The van der Waals surface area contributed by atoms with Gasteiger partial charge in [0.25, 0.3) is 6.20 Å². The highest BCUT2D eigenvalue weighted by Gasteiger charge is 2.57. The molecular formula is C21H15F6N4O2+. The molecule has 12 heteroatoms. The summed E-state index contributed by atoms with van der Waals surface area (Å²) in [4.78, 5) is 13.2. The van der Waals surface area contributed by atoms with E-state index in [1.54, 1.807) is 18.2 Å². The first-order chi connectivity index (χ1) is 15.6. The average molecular weight is 469 g/mol. The zero-order valence-corrected chi connectivity index (χ0v) is 16.9. The monoisotopic (exact) mass is 469 g/mol. The van der Waals surface area contributed by atoms with Crippen molar-refractivity contribution in [2.24, 2.45) is 0 Å². The number of pyridine rings is 3. The molecule has 0 aliphatic carbocycles. The molecule has 4 aromatic heterocycles. The van der Waals surface area contributed by atoms with Crippen molar-refractivity contribution >= 4 is 10.9 Å². The van der Waals surface area contributed by atoms with Crippen molar-refractivity contribution in [2.75, 3.05) is 7.11 Å². The van der Waals surface area contributed by atoms with Gasteiger partial charge >= 0.3 is 17.8 Å². The van der Waals surface area contributed by atoms with Crippen molar-refractivity contribution in [2.45, 2.75) is 18.6 Å². The largest absolute Gasteiger partial charge is 0.455 e. The van der Waals surface area contributed by atoms with E-state index in [4.69, 9.17) is 9.57 Å². The molecular weight excluding hydrogens is 454 g/mol. The molecule has 0 aliphatic rings. The van der Waals surface area contributed by atoms with Crippen LogP contribution in [-0.4, -0.2) is 33.7 Å². The van der Waals surface area contributed by atoms with E-state index in [0.29, 0.717) is 0 Å². The van der Waals surface area contributed by atoms with Crippen LogP contribution < -0.4 is 14.3 Å². The van der Waals surface area contributed by atoms with Crippen LogP contribution in [-0.2, 0) is 6.54 Å². The molecule has 0 aromatic carbocycles. The lowest BCUT2D eigenvalue weighted by Gasteiger charge is -2.20. The summed E-state index contributed by atoms with van der Waals surface area (Å²) in [6.07, 6.45) is -0.674. The summed E-state index contributed by atoms with van der Waals surface area (Å²) in [7, 11) is 1.28. The molecule has 33 heavy (non-hydrogen) atoms. The number of halogens is 6. The molecule has 0 aliphatic heterocycles. The van der Waals surface area contributed by atoms with Crippen LogP contribution in [0.5, 0.6) is 11.6 Å². The predicted molar refractivity (Wildman–Crippen MR) is 103 cm³/mol. The Balaban J connectivity index is 1.69. The van der Waals surface area contributed by atoms with Gasteiger partial charge in [-0.3, -0.25) is 4.84 Å². The van der Waals surface area contributed by atoms with Crippen molar-refractivity contribution in [1.29, 1.82) is 0 Å². The predicted octanol–water partition coefficient (Wildman–Crippen LogP) is 4.57. The molecule has 0 spiro atoms. The number of hydrogen-bond acceptors (Lipinski definition) is 4. The van der Waals surface area contributed by atoms with Gasteiger partial charge in [0.15, 0.2) is 0 Å². The van der Waals surface area contributed by atoms with Crippen LogP contribution in [0.1, 0.15) is 0 Å². The fraction of sp³-hybridized carbons (Fsp3) is 0.190. The molecule has 0 saturated heterocycles. The van der Waals surface area contributed by atoms with E-state index >= 15 is 0 Å². The minimum absolute atomic E-state index is 0.0298. The quantitative estimate of drug-likeness (QED) is 0.307. The molecule has 0 atom stereocenters. The van der Waals surface area contributed by atoms with Gasteiger partial charge in [0, 0.05) is 34.6 Å². The highest BCUT2D eigenvalue weighted by atomic mass is 19.4. The molecule has 4 heterocycles. The maximum Gasteiger partial charge on any atom is 0.455 e. The number of aromatic nitrogens is 4. The Morgan fingerprint density at radius 3 is 2.52 bits per heavy atom. The zero-order valence-electron chi connectivity index (χ0n) is 16.9. The van der Waals surface area contributed by atoms with Gasteiger partial charge in [0.1, 0.15) is 12.8 Å².